The molecular weight excluding hydrogens is 262 g/mol. The van der Waals surface area contributed by atoms with Crippen LogP contribution in [0.2, 0.25) is 0 Å². The molecule has 1 aromatic heterocycles. The van der Waals surface area contributed by atoms with Crippen LogP contribution in [0.5, 0.6) is 0 Å². The molecule has 1 heterocycles. The molecule has 1 aromatic rings. The normalized spacial score (nSPS) is 15.8. The Hall–Kier alpha value is -1.40. The minimum atomic E-state index is -0.611. The Kier molecular flexibility index (Phi) is 4.93. The number of thiophene rings is 1. The number of amides is 2. The Morgan fingerprint density at radius 3 is 2.89 bits per heavy atom. The van der Waals surface area contributed by atoms with Crippen molar-refractivity contribution >= 4 is 23.2 Å². The van der Waals surface area contributed by atoms with Crippen LogP contribution in [0.1, 0.15) is 36.6 Å². The van der Waals surface area contributed by atoms with E-state index in [2.05, 4.69) is 10.6 Å². The second kappa shape index (κ2) is 6.68. The predicted molar refractivity (Wildman–Crippen MR) is 74.7 cm³/mol. The molecule has 19 heavy (non-hydrogen) atoms. The number of hydrogen-bond acceptors (Lipinski definition) is 4. The molecule has 0 saturated heterocycles. The first-order valence-corrected chi connectivity index (χ1v) is 7.41. The van der Waals surface area contributed by atoms with Gasteiger partial charge in [-0.3, -0.25) is 9.59 Å². The van der Waals surface area contributed by atoms with Gasteiger partial charge in [0.15, 0.2) is 0 Å². The number of hydrogen-bond donors (Lipinski definition) is 3. The molecule has 104 valence electrons. The molecule has 0 aromatic carbocycles. The summed E-state index contributed by atoms with van der Waals surface area (Å²) in [5.41, 5.74) is 5.82. The molecule has 1 fully saturated rings. The van der Waals surface area contributed by atoms with Crippen LogP contribution >= 0.6 is 11.3 Å². The van der Waals surface area contributed by atoms with Gasteiger partial charge in [0, 0.05) is 23.9 Å². The Bertz CT molecular complexity index is 429. The molecule has 1 atom stereocenters. The lowest BCUT2D eigenvalue weighted by Gasteiger charge is -2.10. The van der Waals surface area contributed by atoms with Gasteiger partial charge >= 0.3 is 0 Å². The van der Waals surface area contributed by atoms with Gasteiger partial charge in [0.05, 0.1) is 0 Å². The Morgan fingerprint density at radius 1 is 1.47 bits per heavy atom. The molecule has 1 aliphatic rings. The van der Waals surface area contributed by atoms with E-state index in [0.717, 1.165) is 17.7 Å². The van der Waals surface area contributed by atoms with Crippen molar-refractivity contribution in [2.75, 3.05) is 6.54 Å². The van der Waals surface area contributed by atoms with Crippen molar-refractivity contribution in [2.45, 2.75) is 37.8 Å². The van der Waals surface area contributed by atoms with Gasteiger partial charge in [-0.15, -0.1) is 11.3 Å². The lowest BCUT2D eigenvalue weighted by molar-refractivity contribution is -0.123. The zero-order valence-electron chi connectivity index (χ0n) is 10.7. The van der Waals surface area contributed by atoms with E-state index >= 15 is 0 Å². The van der Waals surface area contributed by atoms with Gasteiger partial charge in [-0.2, -0.15) is 0 Å². The highest BCUT2D eigenvalue weighted by Gasteiger charge is 2.22. The number of nitrogens with one attached hydrogen (secondary N) is 2. The van der Waals surface area contributed by atoms with Crippen LogP contribution in [0.15, 0.2) is 17.5 Å². The van der Waals surface area contributed by atoms with E-state index < -0.39 is 6.04 Å². The van der Waals surface area contributed by atoms with Crippen molar-refractivity contribution in [3.05, 3.63) is 22.4 Å². The molecule has 1 aliphatic carbocycles. The van der Waals surface area contributed by atoms with Crippen molar-refractivity contribution in [2.24, 2.45) is 5.73 Å². The van der Waals surface area contributed by atoms with Crippen molar-refractivity contribution < 1.29 is 9.59 Å². The summed E-state index contributed by atoms with van der Waals surface area (Å²) >= 11 is 1.47. The topological polar surface area (TPSA) is 84.2 Å². The van der Waals surface area contributed by atoms with Gasteiger partial charge in [0.1, 0.15) is 6.04 Å². The molecule has 0 radical (unpaired) electrons. The van der Waals surface area contributed by atoms with Gasteiger partial charge < -0.3 is 16.4 Å². The van der Waals surface area contributed by atoms with E-state index in [1.165, 1.54) is 11.3 Å². The summed E-state index contributed by atoms with van der Waals surface area (Å²) in [6.07, 6.45) is 3.28. The summed E-state index contributed by atoms with van der Waals surface area (Å²) in [5, 5.41) is 7.56. The Labute approximate surface area is 116 Å². The summed E-state index contributed by atoms with van der Waals surface area (Å²) in [5.74, 6) is -0.121. The highest BCUT2D eigenvalue weighted by atomic mass is 32.1. The molecule has 0 aliphatic heterocycles. The van der Waals surface area contributed by atoms with Crippen molar-refractivity contribution in [3.8, 4) is 0 Å². The first kappa shape index (κ1) is 14.0. The van der Waals surface area contributed by atoms with E-state index in [4.69, 9.17) is 5.73 Å². The Balaban J connectivity index is 1.59. The minimum Gasteiger partial charge on any atom is -0.354 e. The fourth-order valence-electron chi connectivity index (χ4n) is 1.70. The zero-order chi connectivity index (χ0) is 13.7. The molecule has 0 spiro atoms. The summed E-state index contributed by atoms with van der Waals surface area (Å²) in [4.78, 5) is 24.0. The predicted octanol–water partition coefficient (Wildman–Crippen LogP) is 0.923. The standard InChI is InChI=1S/C13H19N3O2S/c14-12(10-3-2-8-19-10)13(18)15-7-1-4-11(17)16-9-5-6-9/h2-3,8-9,12H,1,4-7,14H2,(H,15,18)(H,16,17). The highest BCUT2D eigenvalue weighted by Crippen LogP contribution is 2.18. The van der Waals surface area contributed by atoms with Crippen LogP contribution in [-0.2, 0) is 9.59 Å². The van der Waals surface area contributed by atoms with Gasteiger partial charge in [0.2, 0.25) is 11.8 Å². The van der Waals surface area contributed by atoms with Crippen molar-refractivity contribution in [1.82, 2.24) is 10.6 Å². The summed E-state index contributed by atoms with van der Waals surface area (Å²) in [6.45, 7) is 0.482. The molecule has 5 nitrogen and oxygen atoms in total. The lowest BCUT2D eigenvalue weighted by atomic mass is 10.2. The average Bonchev–Trinajstić information content (AvgIpc) is 3.04. The lowest BCUT2D eigenvalue weighted by Crippen LogP contribution is -2.34. The molecule has 1 saturated carbocycles. The maximum absolute atomic E-state index is 11.7. The number of carbonyl (C=O) groups is 2. The van der Waals surface area contributed by atoms with E-state index in [1.54, 1.807) is 0 Å². The summed E-state index contributed by atoms with van der Waals surface area (Å²) < 4.78 is 0. The minimum absolute atomic E-state index is 0.0688. The smallest absolute Gasteiger partial charge is 0.242 e. The van der Waals surface area contributed by atoms with Gasteiger partial charge in [-0.1, -0.05) is 6.07 Å². The van der Waals surface area contributed by atoms with Gasteiger partial charge in [-0.05, 0) is 30.7 Å². The average molecular weight is 281 g/mol. The summed E-state index contributed by atoms with van der Waals surface area (Å²) in [6, 6.07) is 3.50. The number of rotatable bonds is 7. The first-order valence-electron chi connectivity index (χ1n) is 6.53. The van der Waals surface area contributed by atoms with Gasteiger partial charge in [-0.25, -0.2) is 0 Å². The number of nitrogens with two attached hydrogens (primary N) is 1. The SMILES string of the molecule is NC(C(=O)NCCCC(=O)NC1CC1)c1cccs1. The van der Waals surface area contributed by atoms with Crippen LogP contribution in [0.3, 0.4) is 0 Å². The number of carbonyl (C=O) groups excluding carboxylic acids is 2. The molecule has 6 heteroatoms. The van der Waals surface area contributed by atoms with Crippen LogP contribution in [-0.4, -0.2) is 24.4 Å². The molecule has 2 rings (SSSR count). The maximum atomic E-state index is 11.7. The first-order chi connectivity index (χ1) is 9.16. The van der Waals surface area contributed by atoms with Crippen LogP contribution in [0.4, 0.5) is 0 Å². The van der Waals surface area contributed by atoms with Crippen LogP contribution in [0, 0.1) is 0 Å². The second-order valence-electron chi connectivity index (χ2n) is 4.73. The summed E-state index contributed by atoms with van der Waals surface area (Å²) in [7, 11) is 0. The third-order valence-corrected chi connectivity index (χ3v) is 3.91. The molecule has 4 N–H and O–H groups in total. The Morgan fingerprint density at radius 2 is 2.26 bits per heavy atom. The molecule has 2 amide bonds. The third-order valence-electron chi connectivity index (χ3n) is 2.95. The highest BCUT2D eigenvalue weighted by molar-refractivity contribution is 7.10. The van der Waals surface area contributed by atoms with Gasteiger partial charge in [0.25, 0.3) is 0 Å². The molecule has 0 bridgehead atoms. The zero-order valence-corrected chi connectivity index (χ0v) is 11.5. The third kappa shape index (κ3) is 4.65. The maximum Gasteiger partial charge on any atom is 0.242 e. The molecule has 1 unspecified atom stereocenters. The fourth-order valence-corrected chi connectivity index (χ4v) is 2.42. The van der Waals surface area contributed by atoms with Crippen molar-refractivity contribution in [3.63, 3.8) is 0 Å². The van der Waals surface area contributed by atoms with E-state index in [9.17, 15) is 9.59 Å². The second-order valence-corrected chi connectivity index (χ2v) is 5.71. The van der Waals surface area contributed by atoms with E-state index in [1.807, 2.05) is 17.5 Å². The van der Waals surface area contributed by atoms with E-state index in [0.29, 0.717) is 25.4 Å². The van der Waals surface area contributed by atoms with Crippen LogP contribution < -0.4 is 16.4 Å². The van der Waals surface area contributed by atoms with E-state index in [-0.39, 0.29) is 11.8 Å². The fraction of sp³-hybridized carbons (Fsp3) is 0.538. The largest absolute Gasteiger partial charge is 0.354 e. The monoisotopic (exact) mass is 281 g/mol. The van der Waals surface area contributed by atoms with Crippen LogP contribution in [0.25, 0.3) is 0 Å². The van der Waals surface area contributed by atoms with Crippen molar-refractivity contribution in [1.29, 1.82) is 0 Å². The quantitative estimate of drug-likeness (QED) is 0.650. The molecular formula is C13H19N3O2S.